The Balaban J connectivity index is 1.46. The summed E-state index contributed by atoms with van der Waals surface area (Å²) in [5, 5.41) is 0. The van der Waals surface area contributed by atoms with E-state index in [1.165, 1.54) is 16.8 Å². The van der Waals surface area contributed by atoms with Gasteiger partial charge in [-0.2, -0.15) is 0 Å². The molecule has 0 amide bonds. The second-order valence-corrected chi connectivity index (χ2v) is 8.77. The fraction of sp³-hybridized carbons (Fsp3) is 0.565. The van der Waals surface area contributed by atoms with E-state index in [0.717, 1.165) is 63.7 Å². The third-order valence-corrected chi connectivity index (χ3v) is 6.91. The predicted octanol–water partition coefficient (Wildman–Crippen LogP) is 2.53. The van der Waals surface area contributed by atoms with Gasteiger partial charge < -0.3 is 25.3 Å². The summed E-state index contributed by atoms with van der Waals surface area (Å²) in [6, 6.07) is 7.04. The number of benzene rings is 1. The Labute approximate surface area is 180 Å². The first-order valence-corrected chi connectivity index (χ1v) is 11.0. The quantitative estimate of drug-likeness (QED) is 0.832. The second kappa shape index (κ2) is 8.68. The highest BCUT2D eigenvalue weighted by Crippen LogP contribution is 2.32. The molecule has 4 rings (SSSR count). The van der Waals surface area contributed by atoms with E-state index in [-0.39, 0.29) is 0 Å². The number of hydrogen-bond acceptors (Lipinski definition) is 7. The Kier molecular flexibility index (Phi) is 5.99. The molecule has 2 saturated heterocycles. The van der Waals surface area contributed by atoms with Crippen molar-refractivity contribution < 1.29 is 0 Å². The molecule has 1 aromatic heterocycles. The van der Waals surface area contributed by atoms with Crippen LogP contribution in [0.25, 0.3) is 0 Å². The van der Waals surface area contributed by atoms with Crippen LogP contribution in [-0.4, -0.2) is 74.3 Å². The Morgan fingerprint density at radius 1 is 0.967 bits per heavy atom. The Morgan fingerprint density at radius 2 is 1.63 bits per heavy atom. The van der Waals surface area contributed by atoms with Gasteiger partial charge in [0.25, 0.3) is 0 Å². The van der Waals surface area contributed by atoms with E-state index in [2.05, 4.69) is 75.7 Å². The molecule has 0 saturated carbocycles. The zero-order valence-electron chi connectivity index (χ0n) is 18.8. The average Bonchev–Trinajstić information content (AvgIpc) is 2.76. The third kappa shape index (κ3) is 4.03. The first-order chi connectivity index (χ1) is 14.5. The SMILES string of the molecule is Cc1cccc(N2CCN(c3ncnc(N(C)C4CCN(C)CC4)c3N)CC2)c1C. The van der Waals surface area contributed by atoms with E-state index in [0.29, 0.717) is 11.7 Å². The van der Waals surface area contributed by atoms with Crippen molar-refractivity contribution in [3.05, 3.63) is 35.7 Å². The van der Waals surface area contributed by atoms with E-state index in [1.807, 2.05) is 0 Å². The molecular formula is C23H35N7. The van der Waals surface area contributed by atoms with Gasteiger partial charge in [0.2, 0.25) is 0 Å². The molecule has 2 fully saturated rings. The molecule has 30 heavy (non-hydrogen) atoms. The van der Waals surface area contributed by atoms with Crippen LogP contribution in [0.4, 0.5) is 23.0 Å². The molecule has 0 radical (unpaired) electrons. The van der Waals surface area contributed by atoms with E-state index in [9.17, 15) is 0 Å². The topological polar surface area (TPSA) is 64.8 Å². The molecule has 2 N–H and O–H groups in total. The highest BCUT2D eigenvalue weighted by atomic mass is 15.3. The van der Waals surface area contributed by atoms with E-state index in [1.54, 1.807) is 6.33 Å². The number of piperazine rings is 1. The number of nitrogen functional groups attached to an aromatic ring is 1. The van der Waals surface area contributed by atoms with Gasteiger partial charge in [0.05, 0.1) is 0 Å². The Hall–Kier alpha value is -2.54. The molecule has 0 aliphatic carbocycles. The van der Waals surface area contributed by atoms with Crippen molar-refractivity contribution in [1.82, 2.24) is 14.9 Å². The van der Waals surface area contributed by atoms with Crippen LogP contribution in [0.1, 0.15) is 24.0 Å². The largest absolute Gasteiger partial charge is 0.393 e. The van der Waals surface area contributed by atoms with Crippen molar-refractivity contribution in [3.8, 4) is 0 Å². The summed E-state index contributed by atoms with van der Waals surface area (Å²) in [6.07, 6.45) is 3.95. The molecule has 7 heteroatoms. The van der Waals surface area contributed by atoms with Gasteiger partial charge in [-0.15, -0.1) is 0 Å². The molecule has 2 aliphatic heterocycles. The smallest absolute Gasteiger partial charge is 0.157 e. The molecule has 0 atom stereocenters. The second-order valence-electron chi connectivity index (χ2n) is 8.77. The van der Waals surface area contributed by atoms with Crippen LogP contribution in [0.2, 0.25) is 0 Å². The number of nitrogens with zero attached hydrogens (tertiary/aromatic N) is 6. The molecule has 3 heterocycles. The standard InChI is InChI=1S/C23H35N7/c1-17-6-5-7-20(18(17)2)29-12-14-30(15-13-29)23-21(24)22(25-16-26-23)28(4)19-8-10-27(3)11-9-19/h5-7,16,19H,8-15,24H2,1-4H3. The first kappa shape index (κ1) is 20.7. The molecule has 1 aromatic carbocycles. The van der Waals surface area contributed by atoms with E-state index in [4.69, 9.17) is 5.73 Å². The van der Waals surface area contributed by atoms with Gasteiger partial charge in [-0.25, -0.2) is 9.97 Å². The molecule has 7 nitrogen and oxygen atoms in total. The summed E-state index contributed by atoms with van der Waals surface area (Å²) in [5.74, 6) is 1.74. The van der Waals surface area contributed by atoms with Crippen molar-refractivity contribution in [1.29, 1.82) is 0 Å². The summed E-state index contributed by atoms with van der Waals surface area (Å²) in [7, 11) is 4.31. The number of anilines is 4. The zero-order valence-corrected chi connectivity index (χ0v) is 18.8. The summed E-state index contributed by atoms with van der Waals surface area (Å²) < 4.78 is 0. The molecule has 162 valence electrons. The summed E-state index contributed by atoms with van der Waals surface area (Å²) in [6.45, 7) is 10.4. The van der Waals surface area contributed by atoms with Crippen molar-refractivity contribution in [2.45, 2.75) is 32.7 Å². The summed E-state index contributed by atoms with van der Waals surface area (Å²) in [5.41, 5.74) is 11.4. The lowest BCUT2D eigenvalue weighted by Crippen LogP contribution is -2.47. The average molecular weight is 410 g/mol. The van der Waals surface area contributed by atoms with Gasteiger partial charge in [0.15, 0.2) is 11.6 Å². The molecular weight excluding hydrogens is 374 g/mol. The molecule has 0 bridgehead atoms. The highest BCUT2D eigenvalue weighted by Gasteiger charge is 2.26. The lowest BCUT2D eigenvalue weighted by Gasteiger charge is -2.39. The van der Waals surface area contributed by atoms with Crippen molar-refractivity contribution in [2.75, 3.05) is 73.8 Å². The Morgan fingerprint density at radius 3 is 2.33 bits per heavy atom. The maximum Gasteiger partial charge on any atom is 0.157 e. The zero-order chi connectivity index (χ0) is 21.3. The maximum absolute atomic E-state index is 6.61. The summed E-state index contributed by atoms with van der Waals surface area (Å²) >= 11 is 0. The number of aromatic nitrogens is 2. The van der Waals surface area contributed by atoms with E-state index < -0.39 is 0 Å². The lowest BCUT2D eigenvalue weighted by molar-refractivity contribution is 0.252. The number of likely N-dealkylation sites (tertiary alicyclic amines) is 1. The van der Waals surface area contributed by atoms with Crippen LogP contribution >= 0.6 is 0 Å². The molecule has 2 aromatic rings. The minimum Gasteiger partial charge on any atom is -0.393 e. The minimum atomic E-state index is 0.479. The number of nitrogens with two attached hydrogens (primary N) is 1. The van der Waals surface area contributed by atoms with Gasteiger partial charge in [-0.05, 0) is 64.0 Å². The van der Waals surface area contributed by atoms with Crippen LogP contribution in [0.15, 0.2) is 24.5 Å². The monoisotopic (exact) mass is 409 g/mol. The number of rotatable bonds is 4. The highest BCUT2D eigenvalue weighted by molar-refractivity contribution is 5.76. The fourth-order valence-electron chi connectivity index (χ4n) is 4.70. The molecule has 2 aliphatic rings. The van der Waals surface area contributed by atoms with Gasteiger partial charge in [0.1, 0.15) is 12.0 Å². The van der Waals surface area contributed by atoms with Gasteiger partial charge in [0, 0.05) is 45.0 Å². The minimum absolute atomic E-state index is 0.479. The van der Waals surface area contributed by atoms with Crippen molar-refractivity contribution in [3.63, 3.8) is 0 Å². The molecule has 0 unspecified atom stereocenters. The van der Waals surface area contributed by atoms with Crippen LogP contribution < -0.4 is 20.4 Å². The molecule has 0 spiro atoms. The lowest BCUT2D eigenvalue weighted by atomic mass is 10.0. The maximum atomic E-state index is 6.61. The number of hydrogen-bond donors (Lipinski definition) is 1. The van der Waals surface area contributed by atoms with Crippen LogP contribution in [-0.2, 0) is 0 Å². The van der Waals surface area contributed by atoms with Crippen LogP contribution in [0, 0.1) is 13.8 Å². The predicted molar refractivity (Wildman–Crippen MR) is 126 cm³/mol. The van der Waals surface area contributed by atoms with Crippen LogP contribution in [0.5, 0.6) is 0 Å². The van der Waals surface area contributed by atoms with Crippen LogP contribution in [0.3, 0.4) is 0 Å². The van der Waals surface area contributed by atoms with Crippen molar-refractivity contribution >= 4 is 23.0 Å². The van der Waals surface area contributed by atoms with Gasteiger partial charge in [-0.1, -0.05) is 12.1 Å². The third-order valence-electron chi connectivity index (χ3n) is 6.91. The van der Waals surface area contributed by atoms with Gasteiger partial charge in [-0.3, -0.25) is 0 Å². The van der Waals surface area contributed by atoms with Gasteiger partial charge >= 0.3 is 0 Å². The van der Waals surface area contributed by atoms with Crippen molar-refractivity contribution in [2.24, 2.45) is 0 Å². The fourth-order valence-corrected chi connectivity index (χ4v) is 4.70. The Bertz CT molecular complexity index is 868. The number of piperidine rings is 1. The summed E-state index contributed by atoms with van der Waals surface area (Å²) in [4.78, 5) is 18.6. The number of aryl methyl sites for hydroxylation is 1. The van der Waals surface area contributed by atoms with E-state index >= 15 is 0 Å². The normalized spacial score (nSPS) is 18.7. The first-order valence-electron chi connectivity index (χ1n) is 11.0.